The zero-order valence-corrected chi connectivity index (χ0v) is 18.4. The van der Waals surface area contributed by atoms with Crippen LogP contribution in [0.4, 0.5) is 5.69 Å². The van der Waals surface area contributed by atoms with Crippen LogP contribution in [0.3, 0.4) is 0 Å². The number of nitrogens with one attached hydrogen (secondary N) is 1. The van der Waals surface area contributed by atoms with Crippen molar-refractivity contribution in [2.24, 2.45) is 0 Å². The molecule has 1 saturated heterocycles. The molecule has 3 aromatic rings. The fraction of sp³-hybridized carbons (Fsp3) is 0.286. The van der Waals surface area contributed by atoms with Gasteiger partial charge in [0.2, 0.25) is 5.82 Å². The van der Waals surface area contributed by atoms with Crippen molar-refractivity contribution in [2.45, 2.75) is 11.8 Å². The Morgan fingerprint density at radius 3 is 2.53 bits per heavy atom. The largest absolute Gasteiger partial charge is 0.497 e. The van der Waals surface area contributed by atoms with Gasteiger partial charge in [-0.05, 0) is 42.8 Å². The molecule has 0 bridgehead atoms. The number of morpholine rings is 1. The van der Waals surface area contributed by atoms with Crippen LogP contribution in [0, 0.1) is 6.92 Å². The highest BCUT2D eigenvalue weighted by atomic mass is 32.2. The SMILES string of the molecule is COc1ccc(NS(=O)(=O)c2cc(-c3noc(C(=O)N4CCOCC4)n3)ccc2C)cc1. The zero-order valence-electron chi connectivity index (χ0n) is 17.6. The van der Waals surface area contributed by atoms with Crippen molar-refractivity contribution >= 4 is 21.6 Å². The van der Waals surface area contributed by atoms with Crippen LogP contribution < -0.4 is 9.46 Å². The van der Waals surface area contributed by atoms with Gasteiger partial charge in [-0.3, -0.25) is 9.52 Å². The lowest BCUT2D eigenvalue weighted by molar-refractivity contribution is 0.0272. The molecule has 1 aliphatic heterocycles. The molecule has 0 spiro atoms. The van der Waals surface area contributed by atoms with Crippen LogP contribution in [0.5, 0.6) is 5.75 Å². The van der Waals surface area contributed by atoms with E-state index in [9.17, 15) is 13.2 Å². The number of anilines is 1. The Bertz CT molecular complexity index is 1220. The first-order valence-corrected chi connectivity index (χ1v) is 11.3. The van der Waals surface area contributed by atoms with E-state index >= 15 is 0 Å². The first-order valence-electron chi connectivity index (χ1n) is 9.86. The standard InChI is InChI=1S/C21H22N4O6S/c1-14-3-4-15(19-22-20(31-23-19)21(26)25-9-11-30-12-10-25)13-18(14)32(27,28)24-16-5-7-17(29-2)8-6-16/h3-8,13,24H,9-12H2,1-2H3. The second-order valence-corrected chi connectivity index (χ2v) is 8.79. The Morgan fingerprint density at radius 2 is 1.84 bits per heavy atom. The fourth-order valence-corrected chi connectivity index (χ4v) is 4.56. The molecule has 4 rings (SSSR count). The number of amides is 1. The number of nitrogens with zero attached hydrogens (tertiary/aromatic N) is 3. The van der Waals surface area contributed by atoms with Crippen molar-refractivity contribution in [1.29, 1.82) is 0 Å². The molecule has 1 aromatic heterocycles. The van der Waals surface area contributed by atoms with Crippen LogP contribution in [-0.2, 0) is 14.8 Å². The van der Waals surface area contributed by atoms with E-state index in [0.29, 0.717) is 48.9 Å². The molecule has 0 unspecified atom stereocenters. The van der Waals surface area contributed by atoms with Gasteiger partial charge < -0.3 is 18.9 Å². The summed E-state index contributed by atoms with van der Waals surface area (Å²) >= 11 is 0. The smallest absolute Gasteiger partial charge is 0.316 e. The van der Waals surface area contributed by atoms with Crippen molar-refractivity contribution < 1.29 is 27.2 Å². The van der Waals surface area contributed by atoms with E-state index in [1.54, 1.807) is 48.2 Å². The Balaban J connectivity index is 1.58. The molecule has 32 heavy (non-hydrogen) atoms. The number of ether oxygens (including phenoxy) is 2. The lowest BCUT2D eigenvalue weighted by Gasteiger charge is -2.25. The number of methoxy groups -OCH3 is 1. The van der Waals surface area contributed by atoms with Crippen LogP contribution in [0.2, 0.25) is 0 Å². The van der Waals surface area contributed by atoms with Crippen molar-refractivity contribution in [3.05, 3.63) is 53.9 Å². The summed E-state index contributed by atoms with van der Waals surface area (Å²) < 4.78 is 44.0. The number of aromatic nitrogens is 2. The van der Waals surface area contributed by atoms with Gasteiger partial charge in [0, 0.05) is 24.3 Å². The maximum Gasteiger partial charge on any atom is 0.316 e. The average Bonchev–Trinajstić information content (AvgIpc) is 3.30. The molecule has 2 heterocycles. The molecule has 2 aromatic carbocycles. The van der Waals surface area contributed by atoms with Gasteiger partial charge in [0.05, 0.1) is 25.2 Å². The van der Waals surface area contributed by atoms with E-state index in [4.69, 9.17) is 14.0 Å². The molecule has 1 fully saturated rings. The van der Waals surface area contributed by atoms with Crippen LogP contribution in [0.15, 0.2) is 51.9 Å². The number of sulfonamides is 1. The Labute approximate surface area is 185 Å². The number of hydrogen-bond donors (Lipinski definition) is 1. The normalized spacial score (nSPS) is 14.2. The first-order chi connectivity index (χ1) is 15.4. The Morgan fingerprint density at radius 1 is 1.12 bits per heavy atom. The number of hydrogen-bond acceptors (Lipinski definition) is 8. The summed E-state index contributed by atoms with van der Waals surface area (Å²) in [7, 11) is -2.35. The first kappa shape index (κ1) is 21.8. The summed E-state index contributed by atoms with van der Waals surface area (Å²) in [6.07, 6.45) is 0. The minimum Gasteiger partial charge on any atom is -0.497 e. The van der Waals surface area contributed by atoms with E-state index in [-0.39, 0.29) is 22.5 Å². The third kappa shape index (κ3) is 4.58. The predicted octanol–water partition coefficient (Wildman–Crippen LogP) is 2.33. The molecule has 11 heteroatoms. The quantitative estimate of drug-likeness (QED) is 0.597. The summed E-state index contributed by atoms with van der Waals surface area (Å²) in [5, 5.41) is 3.86. The molecule has 10 nitrogen and oxygen atoms in total. The van der Waals surface area contributed by atoms with Crippen molar-refractivity contribution in [2.75, 3.05) is 38.1 Å². The van der Waals surface area contributed by atoms with Crippen LogP contribution in [0.25, 0.3) is 11.4 Å². The minimum atomic E-state index is -3.89. The number of rotatable bonds is 6. The molecule has 1 amide bonds. The third-order valence-corrected chi connectivity index (χ3v) is 6.51. The van der Waals surface area contributed by atoms with Gasteiger partial charge in [-0.2, -0.15) is 4.98 Å². The van der Waals surface area contributed by atoms with Gasteiger partial charge in [0.25, 0.3) is 10.0 Å². The van der Waals surface area contributed by atoms with Crippen LogP contribution in [0.1, 0.15) is 16.2 Å². The van der Waals surface area contributed by atoms with Crippen molar-refractivity contribution in [1.82, 2.24) is 15.0 Å². The van der Waals surface area contributed by atoms with Gasteiger partial charge in [0.1, 0.15) is 5.75 Å². The summed E-state index contributed by atoms with van der Waals surface area (Å²) in [5.74, 6) is 0.213. The molecular formula is C21H22N4O6S. The number of carbonyl (C=O) groups excluding carboxylic acids is 1. The summed E-state index contributed by atoms with van der Waals surface area (Å²) in [4.78, 5) is 18.3. The number of aryl methyl sites for hydroxylation is 1. The highest BCUT2D eigenvalue weighted by molar-refractivity contribution is 7.92. The molecule has 0 radical (unpaired) electrons. The Kier molecular flexibility index (Phi) is 6.10. The minimum absolute atomic E-state index is 0.0664. The molecule has 0 aliphatic carbocycles. The van der Waals surface area contributed by atoms with E-state index in [1.165, 1.54) is 13.2 Å². The van der Waals surface area contributed by atoms with Crippen LogP contribution >= 0.6 is 0 Å². The Hall–Kier alpha value is -3.44. The highest BCUT2D eigenvalue weighted by Gasteiger charge is 2.25. The molecular weight excluding hydrogens is 436 g/mol. The lowest BCUT2D eigenvalue weighted by Crippen LogP contribution is -2.40. The molecule has 168 valence electrons. The molecule has 1 aliphatic rings. The van der Waals surface area contributed by atoms with Gasteiger partial charge in [-0.15, -0.1) is 0 Å². The number of carbonyl (C=O) groups is 1. The van der Waals surface area contributed by atoms with E-state index in [0.717, 1.165) is 0 Å². The van der Waals surface area contributed by atoms with E-state index in [1.807, 2.05) is 0 Å². The number of benzene rings is 2. The average molecular weight is 458 g/mol. The summed E-state index contributed by atoms with van der Waals surface area (Å²) in [6.45, 7) is 3.48. The summed E-state index contributed by atoms with van der Waals surface area (Å²) in [5.41, 5.74) is 1.35. The lowest BCUT2D eigenvalue weighted by atomic mass is 10.1. The van der Waals surface area contributed by atoms with Gasteiger partial charge in [0.15, 0.2) is 0 Å². The van der Waals surface area contributed by atoms with Gasteiger partial charge >= 0.3 is 11.8 Å². The van der Waals surface area contributed by atoms with E-state index < -0.39 is 10.0 Å². The molecule has 1 N–H and O–H groups in total. The zero-order chi connectivity index (χ0) is 22.7. The maximum atomic E-state index is 13.0. The van der Waals surface area contributed by atoms with Crippen molar-refractivity contribution in [3.8, 4) is 17.1 Å². The topological polar surface area (TPSA) is 124 Å². The fourth-order valence-electron chi connectivity index (χ4n) is 3.23. The molecule has 0 saturated carbocycles. The van der Waals surface area contributed by atoms with Gasteiger partial charge in [-0.1, -0.05) is 17.3 Å². The second kappa shape index (κ2) is 8.97. The van der Waals surface area contributed by atoms with Gasteiger partial charge in [-0.25, -0.2) is 8.42 Å². The maximum absolute atomic E-state index is 13.0. The summed E-state index contributed by atoms with van der Waals surface area (Å²) in [6, 6.07) is 11.3. The highest BCUT2D eigenvalue weighted by Crippen LogP contribution is 2.26. The second-order valence-electron chi connectivity index (χ2n) is 7.14. The predicted molar refractivity (Wildman–Crippen MR) is 115 cm³/mol. The third-order valence-electron chi connectivity index (χ3n) is 4.99. The monoisotopic (exact) mass is 458 g/mol. The van der Waals surface area contributed by atoms with Crippen LogP contribution in [-0.4, -0.2) is 62.8 Å². The molecule has 0 atom stereocenters. The van der Waals surface area contributed by atoms with Crippen molar-refractivity contribution in [3.63, 3.8) is 0 Å². The van der Waals surface area contributed by atoms with E-state index in [2.05, 4.69) is 14.9 Å².